The lowest BCUT2D eigenvalue weighted by atomic mass is 10.0. The number of hydrogen-bond donors (Lipinski definition) is 1. The van der Waals surface area contributed by atoms with E-state index in [1.807, 2.05) is 43.4 Å². The van der Waals surface area contributed by atoms with Crippen LogP contribution < -0.4 is 5.32 Å². The highest BCUT2D eigenvalue weighted by Crippen LogP contribution is 2.31. The molecule has 1 atom stereocenters. The highest BCUT2D eigenvalue weighted by Gasteiger charge is 2.18. The normalized spacial score (nSPS) is 12.0. The van der Waals surface area contributed by atoms with Gasteiger partial charge in [-0.3, -0.25) is 0 Å². The topological polar surface area (TPSA) is 61.6 Å². The second-order valence-corrected chi connectivity index (χ2v) is 5.37. The van der Waals surface area contributed by atoms with Crippen molar-refractivity contribution >= 4 is 27.4 Å². The standard InChI is InChI=1S/C15H12N4S/c1-17-14-8-10(6-7-18-14)11(9-16)15-19-12-4-2-3-5-13(12)20-15/h2-8,11H,1H3,(H,17,18). The molecule has 0 fully saturated rings. The maximum absolute atomic E-state index is 9.50. The molecule has 98 valence electrons. The molecule has 0 bridgehead atoms. The number of para-hydroxylation sites is 1. The molecular weight excluding hydrogens is 268 g/mol. The van der Waals surface area contributed by atoms with Gasteiger partial charge >= 0.3 is 0 Å². The van der Waals surface area contributed by atoms with Gasteiger partial charge in [-0.1, -0.05) is 12.1 Å². The van der Waals surface area contributed by atoms with Gasteiger partial charge < -0.3 is 5.32 Å². The van der Waals surface area contributed by atoms with E-state index in [9.17, 15) is 5.26 Å². The SMILES string of the molecule is CNc1cc(C(C#N)c2nc3ccccc3s2)ccn1. The summed E-state index contributed by atoms with van der Waals surface area (Å²) < 4.78 is 1.10. The second-order valence-electron chi connectivity index (χ2n) is 4.31. The molecule has 0 aliphatic carbocycles. The van der Waals surface area contributed by atoms with Crippen molar-refractivity contribution in [2.45, 2.75) is 5.92 Å². The van der Waals surface area contributed by atoms with Gasteiger partial charge in [0.2, 0.25) is 0 Å². The minimum Gasteiger partial charge on any atom is -0.373 e. The molecule has 3 rings (SSSR count). The van der Waals surface area contributed by atoms with Crippen molar-refractivity contribution in [2.75, 3.05) is 12.4 Å². The number of benzene rings is 1. The van der Waals surface area contributed by atoms with Crippen LogP contribution in [0.5, 0.6) is 0 Å². The first kappa shape index (κ1) is 12.6. The van der Waals surface area contributed by atoms with Crippen molar-refractivity contribution in [1.82, 2.24) is 9.97 Å². The summed E-state index contributed by atoms with van der Waals surface area (Å²) >= 11 is 1.56. The number of nitrogens with one attached hydrogen (secondary N) is 1. The van der Waals surface area contributed by atoms with Gasteiger partial charge in [-0.15, -0.1) is 11.3 Å². The smallest absolute Gasteiger partial charge is 0.125 e. The third-order valence-electron chi connectivity index (χ3n) is 3.06. The average molecular weight is 280 g/mol. The molecule has 0 aliphatic heterocycles. The summed E-state index contributed by atoms with van der Waals surface area (Å²) in [5.41, 5.74) is 1.85. The molecule has 0 saturated heterocycles. The predicted octanol–water partition coefficient (Wildman–Crippen LogP) is 3.39. The Morgan fingerprint density at radius 3 is 2.90 bits per heavy atom. The highest BCUT2D eigenvalue weighted by atomic mass is 32.1. The number of nitriles is 1. The van der Waals surface area contributed by atoms with E-state index in [4.69, 9.17) is 0 Å². The molecule has 1 aromatic carbocycles. The molecule has 2 aromatic heterocycles. The first-order valence-corrected chi connectivity index (χ1v) is 7.02. The molecule has 0 spiro atoms. The van der Waals surface area contributed by atoms with Gasteiger partial charge in [0, 0.05) is 13.2 Å². The van der Waals surface area contributed by atoms with Gasteiger partial charge in [0.1, 0.15) is 16.7 Å². The Kier molecular flexibility index (Phi) is 3.32. The monoisotopic (exact) mass is 280 g/mol. The molecule has 0 amide bonds. The lowest BCUT2D eigenvalue weighted by molar-refractivity contribution is 1.01. The Morgan fingerprint density at radius 1 is 1.30 bits per heavy atom. The zero-order valence-electron chi connectivity index (χ0n) is 10.9. The van der Waals surface area contributed by atoms with Gasteiger partial charge in [-0.25, -0.2) is 9.97 Å². The van der Waals surface area contributed by atoms with Crippen molar-refractivity contribution in [3.05, 3.63) is 53.2 Å². The minimum absolute atomic E-state index is 0.359. The van der Waals surface area contributed by atoms with E-state index < -0.39 is 0 Å². The van der Waals surface area contributed by atoms with E-state index in [0.29, 0.717) is 0 Å². The number of rotatable bonds is 3. The molecule has 5 heteroatoms. The average Bonchev–Trinajstić information content (AvgIpc) is 2.91. The molecule has 0 saturated carbocycles. The van der Waals surface area contributed by atoms with Crippen LogP contribution in [0.4, 0.5) is 5.82 Å². The Hall–Kier alpha value is -2.45. The van der Waals surface area contributed by atoms with Crippen molar-refractivity contribution in [1.29, 1.82) is 5.26 Å². The van der Waals surface area contributed by atoms with Crippen molar-refractivity contribution in [3.8, 4) is 6.07 Å². The number of anilines is 1. The van der Waals surface area contributed by atoms with Crippen LogP contribution in [-0.4, -0.2) is 17.0 Å². The third kappa shape index (κ3) is 2.22. The summed E-state index contributed by atoms with van der Waals surface area (Å²) in [6.45, 7) is 0. The Balaban J connectivity index is 2.06. The Bertz CT molecular complexity index is 755. The van der Waals surface area contributed by atoms with Gasteiger partial charge in [0.25, 0.3) is 0 Å². The van der Waals surface area contributed by atoms with Crippen LogP contribution in [0, 0.1) is 11.3 Å². The molecule has 2 heterocycles. The largest absolute Gasteiger partial charge is 0.373 e. The molecule has 0 aliphatic rings. The summed E-state index contributed by atoms with van der Waals surface area (Å²) in [6.07, 6.45) is 1.71. The zero-order chi connectivity index (χ0) is 13.9. The molecule has 1 N–H and O–H groups in total. The number of thiazole rings is 1. The quantitative estimate of drug-likeness (QED) is 0.799. The zero-order valence-corrected chi connectivity index (χ0v) is 11.7. The lowest BCUT2D eigenvalue weighted by Gasteiger charge is -2.07. The molecule has 1 unspecified atom stereocenters. The number of aromatic nitrogens is 2. The number of nitrogens with zero attached hydrogens (tertiary/aromatic N) is 3. The number of hydrogen-bond acceptors (Lipinski definition) is 5. The van der Waals surface area contributed by atoms with Crippen molar-refractivity contribution in [3.63, 3.8) is 0 Å². The predicted molar refractivity (Wildman–Crippen MR) is 80.9 cm³/mol. The lowest BCUT2D eigenvalue weighted by Crippen LogP contribution is -2.00. The van der Waals surface area contributed by atoms with Gasteiger partial charge in [-0.2, -0.15) is 5.26 Å². The summed E-state index contributed by atoms with van der Waals surface area (Å²) in [4.78, 5) is 8.74. The molecule has 0 radical (unpaired) electrons. The fourth-order valence-corrected chi connectivity index (χ4v) is 3.09. The maximum Gasteiger partial charge on any atom is 0.125 e. The summed E-state index contributed by atoms with van der Waals surface area (Å²) in [5.74, 6) is 0.395. The van der Waals surface area contributed by atoms with Crippen LogP contribution in [-0.2, 0) is 0 Å². The minimum atomic E-state index is -0.359. The summed E-state index contributed by atoms with van der Waals surface area (Å²) in [7, 11) is 1.81. The van der Waals surface area contributed by atoms with E-state index >= 15 is 0 Å². The fraction of sp³-hybridized carbons (Fsp3) is 0.133. The second kappa shape index (κ2) is 5.27. The van der Waals surface area contributed by atoms with Gasteiger partial charge in [0.05, 0.1) is 16.3 Å². The summed E-state index contributed by atoms with van der Waals surface area (Å²) in [5, 5.41) is 13.3. The third-order valence-corrected chi connectivity index (χ3v) is 4.16. The molecule has 3 aromatic rings. The van der Waals surface area contributed by atoms with Gasteiger partial charge in [0.15, 0.2) is 0 Å². The summed E-state index contributed by atoms with van der Waals surface area (Å²) in [6, 6.07) is 14.0. The van der Waals surface area contributed by atoms with E-state index in [1.54, 1.807) is 17.5 Å². The van der Waals surface area contributed by atoms with Crippen LogP contribution in [0.25, 0.3) is 10.2 Å². The van der Waals surface area contributed by atoms with E-state index in [1.165, 1.54) is 0 Å². The van der Waals surface area contributed by atoms with E-state index in [-0.39, 0.29) is 5.92 Å². The molecule has 4 nitrogen and oxygen atoms in total. The van der Waals surface area contributed by atoms with E-state index in [2.05, 4.69) is 21.4 Å². The Morgan fingerprint density at radius 2 is 2.15 bits per heavy atom. The van der Waals surface area contributed by atoms with Crippen LogP contribution in [0.2, 0.25) is 0 Å². The van der Waals surface area contributed by atoms with Crippen LogP contribution in [0.3, 0.4) is 0 Å². The first-order valence-electron chi connectivity index (χ1n) is 6.20. The van der Waals surface area contributed by atoms with Crippen LogP contribution in [0.15, 0.2) is 42.6 Å². The maximum atomic E-state index is 9.50. The van der Waals surface area contributed by atoms with Gasteiger partial charge in [-0.05, 0) is 29.8 Å². The highest BCUT2D eigenvalue weighted by molar-refractivity contribution is 7.18. The van der Waals surface area contributed by atoms with Crippen molar-refractivity contribution < 1.29 is 0 Å². The fourth-order valence-electron chi connectivity index (χ4n) is 2.05. The molecule has 20 heavy (non-hydrogen) atoms. The van der Waals surface area contributed by atoms with E-state index in [0.717, 1.165) is 26.6 Å². The number of pyridine rings is 1. The number of fused-ring (bicyclic) bond motifs is 1. The van der Waals surface area contributed by atoms with Crippen LogP contribution >= 0.6 is 11.3 Å². The van der Waals surface area contributed by atoms with Crippen molar-refractivity contribution in [2.24, 2.45) is 0 Å². The first-order chi connectivity index (χ1) is 9.81. The molecular formula is C15H12N4S. The Labute approximate surface area is 120 Å². The van der Waals surface area contributed by atoms with Crippen LogP contribution in [0.1, 0.15) is 16.5 Å².